The Kier molecular flexibility index (Phi) is 4.15. The molecule has 1 fully saturated rings. The standard InChI is InChI=1S/C13H19N3O2/c14-12-9-15-6-4-11(12)13(18)16-7-2-1-3-10(16)5-8-17/h4,6,9-10,17H,1-3,5,7-8,14H2. The largest absolute Gasteiger partial charge is 0.397 e. The highest BCUT2D eigenvalue weighted by Crippen LogP contribution is 2.23. The maximum absolute atomic E-state index is 12.4. The normalized spacial score (nSPS) is 19.8. The maximum atomic E-state index is 12.4. The van der Waals surface area contributed by atoms with Crippen LogP contribution in [-0.2, 0) is 0 Å². The minimum Gasteiger partial charge on any atom is -0.397 e. The molecule has 1 aliphatic heterocycles. The second kappa shape index (κ2) is 5.82. The summed E-state index contributed by atoms with van der Waals surface area (Å²) in [6.45, 7) is 0.853. The van der Waals surface area contributed by atoms with Crippen molar-refractivity contribution in [2.45, 2.75) is 31.7 Å². The number of anilines is 1. The molecule has 1 saturated heterocycles. The molecule has 1 aromatic heterocycles. The summed E-state index contributed by atoms with van der Waals surface area (Å²) in [5, 5.41) is 9.07. The lowest BCUT2D eigenvalue weighted by Crippen LogP contribution is -2.44. The van der Waals surface area contributed by atoms with Crippen molar-refractivity contribution in [2.24, 2.45) is 0 Å². The molecule has 3 N–H and O–H groups in total. The molecule has 0 aromatic carbocycles. The molecule has 0 saturated carbocycles. The second-order valence-electron chi connectivity index (χ2n) is 4.62. The summed E-state index contributed by atoms with van der Waals surface area (Å²) in [6.07, 6.45) is 6.79. The first kappa shape index (κ1) is 12.8. The molecule has 0 aliphatic carbocycles. The van der Waals surface area contributed by atoms with Crippen LogP contribution in [0, 0.1) is 0 Å². The van der Waals surface area contributed by atoms with Gasteiger partial charge in [0, 0.05) is 25.4 Å². The van der Waals surface area contributed by atoms with E-state index in [9.17, 15) is 4.79 Å². The Balaban J connectivity index is 2.18. The third-order valence-electron chi connectivity index (χ3n) is 3.43. The van der Waals surface area contributed by atoms with Gasteiger partial charge in [-0.25, -0.2) is 0 Å². The van der Waals surface area contributed by atoms with Crippen LogP contribution in [-0.4, -0.2) is 40.1 Å². The first-order valence-electron chi connectivity index (χ1n) is 6.35. The van der Waals surface area contributed by atoms with E-state index in [1.54, 1.807) is 12.3 Å². The fourth-order valence-electron chi connectivity index (χ4n) is 2.47. The van der Waals surface area contributed by atoms with Crippen molar-refractivity contribution < 1.29 is 9.90 Å². The Hall–Kier alpha value is -1.62. The molecule has 2 heterocycles. The van der Waals surface area contributed by atoms with E-state index in [2.05, 4.69) is 4.98 Å². The van der Waals surface area contributed by atoms with Crippen LogP contribution >= 0.6 is 0 Å². The average Bonchev–Trinajstić information content (AvgIpc) is 2.40. The van der Waals surface area contributed by atoms with Gasteiger partial charge in [0.2, 0.25) is 0 Å². The van der Waals surface area contributed by atoms with E-state index in [1.807, 2.05) is 4.90 Å². The molecule has 2 rings (SSSR count). The Morgan fingerprint density at radius 2 is 2.39 bits per heavy atom. The highest BCUT2D eigenvalue weighted by molar-refractivity contribution is 5.99. The number of nitrogens with two attached hydrogens (primary N) is 1. The van der Waals surface area contributed by atoms with Gasteiger partial charge in [0.05, 0.1) is 17.4 Å². The van der Waals surface area contributed by atoms with Crippen LogP contribution in [0.3, 0.4) is 0 Å². The summed E-state index contributed by atoms with van der Waals surface area (Å²) in [7, 11) is 0. The smallest absolute Gasteiger partial charge is 0.256 e. The summed E-state index contributed by atoms with van der Waals surface area (Å²) in [5.74, 6) is -0.0481. The molecule has 1 aromatic rings. The zero-order valence-corrected chi connectivity index (χ0v) is 10.4. The van der Waals surface area contributed by atoms with Gasteiger partial charge in [-0.15, -0.1) is 0 Å². The first-order valence-corrected chi connectivity index (χ1v) is 6.35. The number of nitrogen functional groups attached to an aromatic ring is 1. The summed E-state index contributed by atoms with van der Waals surface area (Å²) >= 11 is 0. The Labute approximate surface area is 107 Å². The van der Waals surface area contributed by atoms with Gasteiger partial charge in [-0.3, -0.25) is 9.78 Å². The average molecular weight is 249 g/mol. The molecule has 1 aliphatic rings. The first-order chi connectivity index (χ1) is 8.74. The van der Waals surface area contributed by atoms with Gasteiger partial charge in [0.1, 0.15) is 0 Å². The molecule has 5 heteroatoms. The summed E-state index contributed by atoms with van der Waals surface area (Å²) in [5.41, 5.74) is 6.71. The number of aromatic nitrogens is 1. The molecule has 1 amide bonds. The second-order valence-corrected chi connectivity index (χ2v) is 4.62. The summed E-state index contributed by atoms with van der Waals surface area (Å²) in [4.78, 5) is 18.2. The monoisotopic (exact) mass is 249 g/mol. The Bertz CT molecular complexity index is 420. The van der Waals surface area contributed by atoms with E-state index in [-0.39, 0.29) is 18.6 Å². The topological polar surface area (TPSA) is 79.5 Å². The van der Waals surface area contributed by atoms with E-state index in [4.69, 9.17) is 10.8 Å². The van der Waals surface area contributed by atoms with Gasteiger partial charge in [-0.1, -0.05) is 0 Å². The zero-order valence-electron chi connectivity index (χ0n) is 10.4. The lowest BCUT2D eigenvalue weighted by atomic mass is 9.98. The number of carbonyl (C=O) groups excluding carboxylic acids is 1. The number of aliphatic hydroxyl groups excluding tert-OH is 1. The van der Waals surface area contributed by atoms with Crippen LogP contribution in [0.2, 0.25) is 0 Å². The number of piperidine rings is 1. The van der Waals surface area contributed by atoms with E-state index in [1.165, 1.54) is 6.20 Å². The minimum absolute atomic E-state index is 0.0481. The lowest BCUT2D eigenvalue weighted by molar-refractivity contribution is 0.0575. The molecule has 1 atom stereocenters. The van der Waals surface area contributed by atoms with Crippen LogP contribution in [0.15, 0.2) is 18.5 Å². The van der Waals surface area contributed by atoms with Gasteiger partial charge in [0.15, 0.2) is 0 Å². The van der Waals surface area contributed by atoms with Crippen LogP contribution in [0.4, 0.5) is 5.69 Å². The van der Waals surface area contributed by atoms with E-state index in [0.717, 1.165) is 25.8 Å². The predicted octanol–water partition coefficient (Wildman–Crippen LogP) is 1.04. The van der Waals surface area contributed by atoms with Crippen molar-refractivity contribution >= 4 is 11.6 Å². The number of amides is 1. The highest BCUT2D eigenvalue weighted by atomic mass is 16.3. The van der Waals surface area contributed by atoms with Gasteiger partial charge in [0.25, 0.3) is 5.91 Å². The maximum Gasteiger partial charge on any atom is 0.256 e. The Morgan fingerprint density at radius 1 is 1.56 bits per heavy atom. The van der Waals surface area contributed by atoms with Crippen LogP contribution in [0.5, 0.6) is 0 Å². The number of likely N-dealkylation sites (tertiary alicyclic amines) is 1. The zero-order chi connectivity index (χ0) is 13.0. The number of aliphatic hydroxyl groups is 1. The van der Waals surface area contributed by atoms with Crippen molar-refractivity contribution in [1.82, 2.24) is 9.88 Å². The number of rotatable bonds is 3. The van der Waals surface area contributed by atoms with Crippen molar-refractivity contribution in [2.75, 3.05) is 18.9 Å². The molecular weight excluding hydrogens is 230 g/mol. The third kappa shape index (κ3) is 2.61. The lowest BCUT2D eigenvalue weighted by Gasteiger charge is -2.35. The van der Waals surface area contributed by atoms with Crippen molar-refractivity contribution in [3.05, 3.63) is 24.0 Å². The Morgan fingerprint density at radius 3 is 3.11 bits per heavy atom. The third-order valence-corrected chi connectivity index (χ3v) is 3.43. The van der Waals surface area contributed by atoms with Gasteiger partial charge in [-0.05, 0) is 31.7 Å². The van der Waals surface area contributed by atoms with Gasteiger partial charge >= 0.3 is 0 Å². The van der Waals surface area contributed by atoms with Gasteiger partial charge in [-0.2, -0.15) is 0 Å². The molecule has 0 spiro atoms. The van der Waals surface area contributed by atoms with E-state index >= 15 is 0 Å². The molecule has 0 bridgehead atoms. The number of hydrogen-bond acceptors (Lipinski definition) is 4. The number of carbonyl (C=O) groups is 1. The van der Waals surface area contributed by atoms with Crippen LogP contribution in [0.1, 0.15) is 36.0 Å². The van der Waals surface area contributed by atoms with E-state index in [0.29, 0.717) is 17.7 Å². The van der Waals surface area contributed by atoms with Crippen molar-refractivity contribution in [1.29, 1.82) is 0 Å². The van der Waals surface area contributed by atoms with E-state index < -0.39 is 0 Å². The SMILES string of the molecule is Nc1cnccc1C(=O)N1CCCCC1CCO. The van der Waals surface area contributed by atoms with Gasteiger partial charge < -0.3 is 15.7 Å². The summed E-state index contributed by atoms with van der Waals surface area (Å²) < 4.78 is 0. The molecule has 5 nitrogen and oxygen atoms in total. The molecule has 18 heavy (non-hydrogen) atoms. The molecule has 1 unspecified atom stereocenters. The predicted molar refractivity (Wildman–Crippen MR) is 69.0 cm³/mol. The molecule has 98 valence electrons. The quantitative estimate of drug-likeness (QED) is 0.839. The van der Waals surface area contributed by atoms with Crippen LogP contribution in [0.25, 0.3) is 0 Å². The van der Waals surface area contributed by atoms with Crippen LogP contribution < -0.4 is 5.73 Å². The molecular formula is C13H19N3O2. The number of nitrogens with zero attached hydrogens (tertiary/aromatic N) is 2. The fraction of sp³-hybridized carbons (Fsp3) is 0.538. The van der Waals surface area contributed by atoms with Crippen molar-refractivity contribution in [3.63, 3.8) is 0 Å². The fourth-order valence-corrected chi connectivity index (χ4v) is 2.47. The number of pyridine rings is 1. The molecule has 0 radical (unpaired) electrons. The minimum atomic E-state index is -0.0481. The highest BCUT2D eigenvalue weighted by Gasteiger charge is 2.27. The number of hydrogen-bond donors (Lipinski definition) is 2. The summed E-state index contributed by atoms with van der Waals surface area (Å²) in [6, 6.07) is 1.78. The van der Waals surface area contributed by atoms with Crippen molar-refractivity contribution in [3.8, 4) is 0 Å².